The highest BCUT2D eigenvalue weighted by molar-refractivity contribution is 7.86. The monoisotopic (exact) mass is 553 g/mol. The van der Waals surface area contributed by atoms with E-state index in [0.29, 0.717) is 12.3 Å². The predicted molar refractivity (Wildman–Crippen MR) is 142 cm³/mol. The Balaban J connectivity index is 1.13. The summed E-state index contributed by atoms with van der Waals surface area (Å²) in [6.45, 7) is 3.57. The number of imide groups is 2. The highest BCUT2D eigenvalue weighted by atomic mass is 32.2. The maximum atomic E-state index is 13.1. The molecule has 2 saturated heterocycles. The SMILES string of the molecule is Cc1ccc(S(=O)(=O)OCCCC2CCN(c3ccc4c(c3)C(=O)N(C3CCC(=O)NC3=O)C4=O)CC2)cc1. The van der Waals surface area contributed by atoms with Crippen LogP contribution in [0.3, 0.4) is 0 Å². The maximum absolute atomic E-state index is 13.1. The van der Waals surface area contributed by atoms with Crippen LogP contribution in [0.2, 0.25) is 0 Å². The molecule has 1 N–H and O–H groups in total. The number of piperidine rings is 2. The molecule has 11 heteroatoms. The number of nitrogens with one attached hydrogen (secondary N) is 1. The first-order valence-corrected chi connectivity index (χ1v) is 14.6. The Labute approximate surface area is 227 Å². The number of rotatable bonds is 8. The van der Waals surface area contributed by atoms with Crippen LogP contribution in [0.5, 0.6) is 0 Å². The molecule has 3 aliphatic heterocycles. The summed E-state index contributed by atoms with van der Waals surface area (Å²) >= 11 is 0. The average molecular weight is 554 g/mol. The van der Waals surface area contributed by atoms with Crippen LogP contribution in [0.15, 0.2) is 47.4 Å². The number of carbonyl (C=O) groups excluding carboxylic acids is 4. The molecule has 0 radical (unpaired) electrons. The van der Waals surface area contributed by atoms with E-state index in [1.165, 1.54) is 0 Å². The zero-order chi connectivity index (χ0) is 27.7. The molecule has 5 rings (SSSR count). The summed E-state index contributed by atoms with van der Waals surface area (Å²) in [7, 11) is -3.76. The van der Waals surface area contributed by atoms with E-state index in [2.05, 4.69) is 10.2 Å². The molecule has 1 atom stereocenters. The summed E-state index contributed by atoms with van der Waals surface area (Å²) in [5.41, 5.74) is 2.36. The van der Waals surface area contributed by atoms with Gasteiger partial charge >= 0.3 is 0 Å². The smallest absolute Gasteiger partial charge is 0.296 e. The topological polar surface area (TPSA) is 130 Å². The molecule has 2 aromatic carbocycles. The molecule has 4 amide bonds. The van der Waals surface area contributed by atoms with E-state index >= 15 is 0 Å². The number of anilines is 1. The van der Waals surface area contributed by atoms with Gasteiger partial charge in [-0.15, -0.1) is 0 Å². The van der Waals surface area contributed by atoms with E-state index in [4.69, 9.17) is 4.18 Å². The first-order chi connectivity index (χ1) is 18.6. The fourth-order valence-corrected chi connectivity index (χ4v) is 6.39. The number of nitrogens with zero attached hydrogens (tertiary/aromatic N) is 2. The number of carbonyl (C=O) groups is 4. The molecular formula is C28H31N3O7S. The van der Waals surface area contributed by atoms with E-state index in [9.17, 15) is 27.6 Å². The minimum Gasteiger partial charge on any atom is -0.371 e. The normalized spacial score (nSPS) is 20.4. The quantitative estimate of drug-likeness (QED) is 0.300. The first kappa shape index (κ1) is 27.0. The molecule has 10 nitrogen and oxygen atoms in total. The third-order valence-electron chi connectivity index (χ3n) is 7.71. The molecule has 0 aromatic heterocycles. The van der Waals surface area contributed by atoms with Gasteiger partial charge in [-0.3, -0.25) is 33.6 Å². The van der Waals surface area contributed by atoms with Crippen LogP contribution in [0.1, 0.15) is 64.8 Å². The lowest BCUT2D eigenvalue weighted by Crippen LogP contribution is -2.54. The van der Waals surface area contributed by atoms with Gasteiger partial charge in [-0.1, -0.05) is 17.7 Å². The summed E-state index contributed by atoms with van der Waals surface area (Å²) in [6, 6.07) is 10.8. The lowest BCUT2D eigenvalue weighted by molar-refractivity contribution is -0.136. The third kappa shape index (κ3) is 5.60. The van der Waals surface area contributed by atoms with E-state index < -0.39 is 39.8 Å². The van der Waals surface area contributed by atoms with Crippen molar-refractivity contribution in [3.8, 4) is 0 Å². The summed E-state index contributed by atoms with van der Waals surface area (Å²) < 4.78 is 29.9. The fraction of sp³-hybridized carbons (Fsp3) is 0.429. The number of hydrogen-bond acceptors (Lipinski definition) is 8. The number of hydrogen-bond donors (Lipinski definition) is 1. The van der Waals surface area contributed by atoms with Crippen molar-refractivity contribution in [3.63, 3.8) is 0 Å². The Kier molecular flexibility index (Phi) is 7.55. The Morgan fingerprint density at radius 2 is 1.62 bits per heavy atom. The molecule has 2 aromatic rings. The van der Waals surface area contributed by atoms with Crippen molar-refractivity contribution in [1.82, 2.24) is 10.2 Å². The molecule has 0 bridgehead atoms. The standard InChI is InChI=1S/C28H31N3O7S/c1-18-4-7-21(8-5-18)39(36,37)38-16-2-3-19-12-14-30(15-13-19)20-6-9-22-23(17-20)28(35)31(27(22)34)24-10-11-25(32)29-26(24)33/h4-9,17,19,24H,2-3,10-16H2,1H3,(H,29,32,33). The molecule has 0 saturated carbocycles. The first-order valence-electron chi connectivity index (χ1n) is 13.2. The second kappa shape index (κ2) is 10.9. The zero-order valence-electron chi connectivity index (χ0n) is 21.7. The highest BCUT2D eigenvalue weighted by Gasteiger charge is 2.44. The Bertz CT molecular complexity index is 1410. The van der Waals surface area contributed by atoms with Crippen molar-refractivity contribution >= 4 is 39.4 Å². The average Bonchev–Trinajstić information content (AvgIpc) is 3.16. The van der Waals surface area contributed by atoms with Gasteiger partial charge in [-0.2, -0.15) is 8.42 Å². The number of aryl methyl sites for hydroxylation is 1. The van der Waals surface area contributed by atoms with Crippen molar-refractivity contribution in [2.45, 2.75) is 56.4 Å². The molecule has 3 aliphatic rings. The van der Waals surface area contributed by atoms with Gasteiger partial charge in [-0.25, -0.2) is 0 Å². The summed E-state index contributed by atoms with van der Waals surface area (Å²) in [5.74, 6) is -1.62. The zero-order valence-corrected chi connectivity index (χ0v) is 22.5. The summed E-state index contributed by atoms with van der Waals surface area (Å²) in [4.78, 5) is 53.1. The van der Waals surface area contributed by atoms with Crippen LogP contribution < -0.4 is 10.2 Å². The van der Waals surface area contributed by atoms with Gasteiger partial charge < -0.3 is 4.90 Å². The Morgan fingerprint density at radius 3 is 2.31 bits per heavy atom. The third-order valence-corrected chi connectivity index (χ3v) is 9.03. The van der Waals surface area contributed by atoms with E-state index in [0.717, 1.165) is 48.5 Å². The fourth-order valence-electron chi connectivity index (χ4n) is 5.45. The molecule has 1 unspecified atom stereocenters. The van der Waals surface area contributed by atoms with Crippen molar-refractivity contribution in [2.24, 2.45) is 5.92 Å². The Hall–Kier alpha value is -3.57. The summed E-state index contributed by atoms with van der Waals surface area (Å²) in [5, 5.41) is 2.21. The maximum Gasteiger partial charge on any atom is 0.296 e. The van der Waals surface area contributed by atoms with Crippen LogP contribution in [0, 0.1) is 12.8 Å². The summed E-state index contributed by atoms with van der Waals surface area (Å²) in [6.07, 6.45) is 3.53. The van der Waals surface area contributed by atoms with Gasteiger partial charge in [0, 0.05) is 25.2 Å². The van der Waals surface area contributed by atoms with Crippen LogP contribution >= 0.6 is 0 Å². The largest absolute Gasteiger partial charge is 0.371 e. The van der Waals surface area contributed by atoms with Gasteiger partial charge in [0.05, 0.1) is 22.6 Å². The van der Waals surface area contributed by atoms with Crippen molar-refractivity contribution in [3.05, 3.63) is 59.2 Å². The van der Waals surface area contributed by atoms with Crippen LogP contribution in [-0.4, -0.2) is 62.7 Å². The molecule has 0 aliphatic carbocycles. The van der Waals surface area contributed by atoms with Gasteiger partial charge in [0.2, 0.25) is 11.8 Å². The molecule has 0 spiro atoms. The van der Waals surface area contributed by atoms with Crippen molar-refractivity contribution in [1.29, 1.82) is 0 Å². The number of fused-ring (bicyclic) bond motifs is 1. The Morgan fingerprint density at radius 1 is 0.923 bits per heavy atom. The highest BCUT2D eigenvalue weighted by Crippen LogP contribution is 2.32. The van der Waals surface area contributed by atoms with Crippen molar-refractivity contribution < 1.29 is 31.8 Å². The molecule has 39 heavy (non-hydrogen) atoms. The lowest BCUT2D eigenvalue weighted by atomic mass is 9.92. The van der Waals surface area contributed by atoms with Gasteiger partial charge in [-0.05, 0) is 75.3 Å². The molecule has 3 heterocycles. The molecular weight excluding hydrogens is 522 g/mol. The van der Waals surface area contributed by atoms with Crippen LogP contribution in [0.25, 0.3) is 0 Å². The molecule has 206 valence electrons. The van der Waals surface area contributed by atoms with Crippen LogP contribution in [0.4, 0.5) is 5.69 Å². The van der Waals surface area contributed by atoms with Gasteiger partial charge in [0.1, 0.15) is 6.04 Å². The second-order valence-corrected chi connectivity index (χ2v) is 12.0. The van der Waals surface area contributed by atoms with E-state index in [1.807, 2.05) is 13.0 Å². The molecule has 2 fully saturated rings. The van der Waals surface area contributed by atoms with E-state index in [1.54, 1.807) is 36.4 Å². The van der Waals surface area contributed by atoms with E-state index in [-0.39, 0.29) is 35.5 Å². The van der Waals surface area contributed by atoms with Crippen molar-refractivity contribution in [2.75, 3.05) is 24.6 Å². The number of amides is 4. The van der Waals surface area contributed by atoms with Crippen LogP contribution in [-0.2, 0) is 23.9 Å². The lowest BCUT2D eigenvalue weighted by Gasteiger charge is -2.33. The minimum atomic E-state index is -3.76. The van der Waals surface area contributed by atoms with Gasteiger partial charge in [0.25, 0.3) is 21.9 Å². The van der Waals surface area contributed by atoms with Gasteiger partial charge in [0.15, 0.2) is 0 Å². The number of benzene rings is 2. The minimum absolute atomic E-state index is 0.0820. The second-order valence-electron chi connectivity index (χ2n) is 10.3. The predicted octanol–water partition coefficient (Wildman–Crippen LogP) is 2.80.